The van der Waals surface area contributed by atoms with Gasteiger partial charge in [-0.25, -0.2) is 4.79 Å². The van der Waals surface area contributed by atoms with E-state index in [-0.39, 0.29) is 6.09 Å². The van der Waals surface area contributed by atoms with E-state index in [4.69, 9.17) is 4.74 Å². The summed E-state index contributed by atoms with van der Waals surface area (Å²) in [7, 11) is 0. The predicted octanol–water partition coefficient (Wildman–Crippen LogP) is 3.58. The second-order valence-corrected chi connectivity index (χ2v) is 4.60. The number of hydrogen-bond donors (Lipinski definition) is 0. The van der Waals surface area contributed by atoms with Crippen LogP contribution in [-0.2, 0) is 4.74 Å². The SMILES string of the molecule is CCCCC1CCCCN1C(=O)OCCC. The van der Waals surface area contributed by atoms with Crippen LogP contribution in [0.4, 0.5) is 4.79 Å². The Morgan fingerprint density at radius 1 is 1.31 bits per heavy atom. The Hall–Kier alpha value is -0.730. The second-order valence-electron chi connectivity index (χ2n) is 4.60. The van der Waals surface area contributed by atoms with E-state index < -0.39 is 0 Å². The molecule has 94 valence electrons. The summed E-state index contributed by atoms with van der Waals surface area (Å²) < 4.78 is 5.23. The quantitative estimate of drug-likeness (QED) is 0.718. The zero-order chi connectivity index (χ0) is 11.8. The first-order valence-electron chi connectivity index (χ1n) is 6.73. The number of likely N-dealkylation sites (tertiary alicyclic amines) is 1. The number of nitrogens with zero attached hydrogens (tertiary/aromatic N) is 1. The fraction of sp³-hybridized carbons (Fsp3) is 0.923. The Morgan fingerprint density at radius 3 is 2.81 bits per heavy atom. The van der Waals surface area contributed by atoms with Gasteiger partial charge in [-0.05, 0) is 32.1 Å². The van der Waals surface area contributed by atoms with Gasteiger partial charge in [0.05, 0.1) is 6.61 Å². The Kier molecular flexibility index (Phi) is 6.27. The van der Waals surface area contributed by atoms with Crippen LogP contribution < -0.4 is 0 Å². The summed E-state index contributed by atoms with van der Waals surface area (Å²) in [4.78, 5) is 13.8. The molecule has 1 aliphatic heterocycles. The molecule has 16 heavy (non-hydrogen) atoms. The molecule has 1 saturated heterocycles. The first-order chi connectivity index (χ1) is 7.79. The van der Waals surface area contributed by atoms with Crippen LogP contribution in [0.3, 0.4) is 0 Å². The molecule has 0 aliphatic carbocycles. The molecule has 0 radical (unpaired) electrons. The lowest BCUT2D eigenvalue weighted by Crippen LogP contribution is -2.44. The molecule has 3 nitrogen and oxygen atoms in total. The van der Waals surface area contributed by atoms with E-state index in [9.17, 15) is 4.79 Å². The molecule has 1 amide bonds. The average Bonchev–Trinajstić information content (AvgIpc) is 2.33. The van der Waals surface area contributed by atoms with Crippen molar-refractivity contribution < 1.29 is 9.53 Å². The minimum absolute atomic E-state index is 0.0948. The van der Waals surface area contributed by atoms with Crippen molar-refractivity contribution in [2.24, 2.45) is 0 Å². The molecule has 3 heteroatoms. The van der Waals surface area contributed by atoms with E-state index >= 15 is 0 Å². The summed E-state index contributed by atoms with van der Waals surface area (Å²) >= 11 is 0. The van der Waals surface area contributed by atoms with Crippen LogP contribution in [0.2, 0.25) is 0 Å². The highest BCUT2D eigenvalue weighted by atomic mass is 16.6. The third-order valence-corrected chi connectivity index (χ3v) is 3.18. The molecule has 1 aliphatic rings. The number of carbonyl (C=O) groups is 1. The number of amides is 1. The van der Waals surface area contributed by atoms with Crippen molar-refractivity contribution in [2.45, 2.75) is 64.8 Å². The number of piperidine rings is 1. The van der Waals surface area contributed by atoms with Gasteiger partial charge in [0.1, 0.15) is 0 Å². The molecule has 1 unspecified atom stereocenters. The van der Waals surface area contributed by atoms with Gasteiger partial charge in [0.15, 0.2) is 0 Å². The van der Waals surface area contributed by atoms with Crippen molar-refractivity contribution in [3.8, 4) is 0 Å². The van der Waals surface area contributed by atoms with Crippen molar-refractivity contribution >= 4 is 6.09 Å². The predicted molar refractivity (Wildman–Crippen MR) is 65.5 cm³/mol. The lowest BCUT2D eigenvalue weighted by Gasteiger charge is -2.35. The molecule has 0 spiro atoms. The van der Waals surface area contributed by atoms with Crippen LogP contribution in [0.15, 0.2) is 0 Å². The zero-order valence-corrected chi connectivity index (χ0v) is 10.7. The summed E-state index contributed by atoms with van der Waals surface area (Å²) in [5.41, 5.74) is 0. The summed E-state index contributed by atoms with van der Waals surface area (Å²) in [6.45, 7) is 5.66. The molecule has 1 rings (SSSR count). The van der Waals surface area contributed by atoms with Gasteiger partial charge in [0.25, 0.3) is 0 Å². The Bertz CT molecular complexity index is 206. The standard InChI is InChI=1S/C13H25NO2/c1-3-5-8-12-9-6-7-10-14(12)13(15)16-11-4-2/h12H,3-11H2,1-2H3. The maximum atomic E-state index is 11.8. The lowest BCUT2D eigenvalue weighted by molar-refractivity contribution is 0.0704. The second kappa shape index (κ2) is 7.53. The molecule has 1 heterocycles. The van der Waals surface area contributed by atoms with Crippen LogP contribution in [0.5, 0.6) is 0 Å². The molecule has 0 aromatic rings. The number of hydrogen-bond acceptors (Lipinski definition) is 2. The molecule has 1 atom stereocenters. The van der Waals surface area contributed by atoms with Gasteiger partial charge in [0.2, 0.25) is 0 Å². The van der Waals surface area contributed by atoms with Crippen molar-refractivity contribution in [3.63, 3.8) is 0 Å². The van der Waals surface area contributed by atoms with Gasteiger partial charge in [-0.2, -0.15) is 0 Å². The van der Waals surface area contributed by atoms with E-state index in [1.54, 1.807) is 0 Å². The number of rotatable bonds is 5. The third-order valence-electron chi connectivity index (χ3n) is 3.18. The van der Waals surface area contributed by atoms with E-state index in [0.717, 1.165) is 32.2 Å². The van der Waals surface area contributed by atoms with E-state index in [1.165, 1.54) is 19.3 Å². The summed E-state index contributed by atoms with van der Waals surface area (Å²) in [5, 5.41) is 0. The smallest absolute Gasteiger partial charge is 0.410 e. The fourth-order valence-electron chi connectivity index (χ4n) is 2.25. The maximum Gasteiger partial charge on any atom is 0.410 e. The van der Waals surface area contributed by atoms with Crippen LogP contribution >= 0.6 is 0 Å². The highest BCUT2D eigenvalue weighted by molar-refractivity contribution is 5.68. The van der Waals surface area contributed by atoms with E-state index in [2.05, 4.69) is 6.92 Å². The number of carbonyl (C=O) groups excluding carboxylic acids is 1. The fourth-order valence-corrected chi connectivity index (χ4v) is 2.25. The molecular weight excluding hydrogens is 202 g/mol. The van der Waals surface area contributed by atoms with Crippen LogP contribution in [0.1, 0.15) is 58.8 Å². The van der Waals surface area contributed by atoms with Gasteiger partial charge in [-0.3, -0.25) is 0 Å². The van der Waals surface area contributed by atoms with Crippen LogP contribution in [-0.4, -0.2) is 30.2 Å². The summed E-state index contributed by atoms with van der Waals surface area (Å²) in [6, 6.07) is 0.429. The van der Waals surface area contributed by atoms with Crippen LogP contribution in [0.25, 0.3) is 0 Å². The Balaban J connectivity index is 2.42. The molecule has 0 aromatic carbocycles. The summed E-state index contributed by atoms with van der Waals surface area (Å²) in [6.07, 6.45) is 7.90. The minimum atomic E-state index is -0.0948. The van der Waals surface area contributed by atoms with E-state index in [0.29, 0.717) is 12.6 Å². The van der Waals surface area contributed by atoms with Gasteiger partial charge >= 0.3 is 6.09 Å². The van der Waals surface area contributed by atoms with E-state index in [1.807, 2.05) is 11.8 Å². The highest BCUT2D eigenvalue weighted by Gasteiger charge is 2.26. The van der Waals surface area contributed by atoms with Crippen molar-refractivity contribution in [2.75, 3.05) is 13.2 Å². The molecule has 0 bridgehead atoms. The normalized spacial score (nSPS) is 20.9. The maximum absolute atomic E-state index is 11.8. The third kappa shape index (κ3) is 4.03. The molecule has 0 saturated carbocycles. The molecule has 0 N–H and O–H groups in total. The number of unbranched alkanes of at least 4 members (excludes halogenated alkanes) is 1. The molecular formula is C13H25NO2. The zero-order valence-electron chi connectivity index (χ0n) is 10.7. The largest absolute Gasteiger partial charge is 0.449 e. The van der Waals surface area contributed by atoms with Crippen molar-refractivity contribution in [1.82, 2.24) is 4.90 Å². The van der Waals surface area contributed by atoms with Crippen molar-refractivity contribution in [1.29, 1.82) is 0 Å². The summed E-state index contributed by atoms with van der Waals surface area (Å²) in [5.74, 6) is 0. The van der Waals surface area contributed by atoms with Gasteiger partial charge < -0.3 is 9.64 Å². The molecule has 0 aromatic heterocycles. The highest BCUT2D eigenvalue weighted by Crippen LogP contribution is 2.22. The minimum Gasteiger partial charge on any atom is -0.449 e. The van der Waals surface area contributed by atoms with Crippen LogP contribution in [0, 0.1) is 0 Å². The van der Waals surface area contributed by atoms with Crippen molar-refractivity contribution in [3.05, 3.63) is 0 Å². The Morgan fingerprint density at radius 2 is 2.12 bits per heavy atom. The lowest BCUT2D eigenvalue weighted by atomic mass is 9.98. The monoisotopic (exact) mass is 227 g/mol. The van der Waals surface area contributed by atoms with Gasteiger partial charge in [-0.15, -0.1) is 0 Å². The Labute approximate surface area is 99.1 Å². The first-order valence-corrected chi connectivity index (χ1v) is 6.73. The van der Waals surface area contributed by atoms with Gasteiger partial charge in [0, 0.05) is 12.6 Å². The van der Waals surface area contributed by atoms with Gasteiger partial charge in [-0.1, -0.05) is 26.7 Å². The molecule has 1 fully saturated rings. The topological polar surface area (TPSA) is 29.5 Å². The number of ether oxygens (including phenoxy) is 1. The first kappa shape index (κ1) is 13.3. The average molecular weight is 227 g/mol.